The number of halogens is 3. The molecular weight excluding hydrogens is 305 g/mol. The van der Waals surface area contributed by atoms with Crippen molar-refractivity contribution in [2.24, 2.45) is 15.7 Å². The van der Waals surface area contributed by atoms with Crippen LogP contribution in [0.1, 0.15) is 11.1 Å². The second kappa shape index (κ2) is 6.95. The molecule has 2 aromatic rings. The fraction of sp³-hybridized carbons (Fsp3) is 0.125. The summed E-state index contributed by atoms with van der Waals surface area (Å²) < 4.78 is 37.3. The van der Waals surface area contributed by atoms with Gasteiger partial charge in [0.1, 0.15) is 12.2 Å². The van der Waals surface area contributed by atoms with Crippen molar-refractivity contribution in [2.75, 3.05) is 12.4 Å². The first kappa shape index (κ1) is 16.5. The van der Waals surface area contributed by atoms with E-state index in [1.165, 1.54) is 18.5 Å². The molecule has 23 heavy (non-hydrogen) atoms. The fourth-order valence-corrected chi connectivity index (χ4v) is 1.78. The van der Waals surface area contributed by atoms with Crippen LogP contribution in [0.2, 0.25) is 0 Å². The first-order valence-corrected chi connectivity index (χ1v) is 6.71. The zero-order valence-corrected chi connectivity index (χ0v) is 12.3. The number of aliphatic imine (C=N–C) groups is 2. The minimum Gasteiger partial charge on any atom is -0.388 e. The molecule has 0 aromatic heterocycles. The number of nitrogens with zero attached hydrogens (tertiary/aromatic N) is 2. The van der Waals surface area contributed by atoms with E-state index in [2.05, 4.69) is 15.3 Å². The summed E-state index contributed by atoms with van der Waals surface area (Å²) in [6.07, 6.45) is -3.14. The third-order valence-electron chi connectivity index (χ3n) is 3.07. The molecule has 2 rings (SSSR count). The van der Waals surface area contributed by atoms with E-state index in [-0.39, 0.29) is 5.84 Å². The van der Waals surface area contributed by atoms with Crippen LogP contribution in [0.5, 0.6) is 0 Å². The Morgan fingerprint density at radius 1 is 1.04 bits per heavy atom. The molecule has 0 aliphatic rings. The molecule has 4 nitrogen and oxygen atoms in total. The number of anilines is 1. The summed E-state index contributed by atoms with van der Waals surface area (Å²) in [5.74, 6) is 0.267. The van der Waals surface area contributed by atoms with E-state index in [9.17, 15) is 13.2 Å². The molecule has 0 amide bonds. The quantitative estimate of drug-likeness (QED) is 0.664. The number of nitrogens with one attached hydrogen (secondary N) is 1. The van der Waals surface area contributed by atoms with E-state index in [0.717, 1.165) is 23.4 Å². The second-order valence-electron chi connectivity index (χ2n) is 4.63. The molecule has 0 atom stereocenters. The monoisotopic (exact) mass is 320 g/mol. The van der Waals surface area contributed by atoms with Gasteiger partial charge in [0.05, 0.1) is 11.3 Å². The van der Waals surface area contributed by atoms with E-state index in [1.54, 1.807) is 12.1 Å². The lowest BCUT2D eigenvalue weighted by Gasteiger charge is -2.05. The van der Waals surface area contributed by atoms with Crippen molar-refractivity contribution >= 4 is 23.5 Å². The highest BCUT2D eigenvalue weighted by molar-refractivity contribution is 6.01. The van der Waals surface area contributed by atoms with Crippen LogP contribution in [-0.4, -0.2) is 19.2 Å². The van der Waals surface area contributed by atoms with Gasteiger partial charge in [0.2, 0.25) is 0 Å². The first-order chi connectivity index (χ1) is 10.9. The molecule has 0 bridgehead atoms. The zero-order chi connectivity index (χ0) is 16.9. The maximum atomic E-state index is 12.4. The van der Waals surface area contributed by atoms with Crippen LogP contribution in [0, 0.1) is 0 Å². The van der Waals surface area contributed by atoms with E-state index >= 15 is 0 Å². The van der Waals surface area contributed by atoms with Crippen LogP contribution >= 0.6 is 0 Å². The number of hydrogen-bond donors (Lipinski definition) is 2. The van der Waals surface area contributed by atoms with Crippen molar-refractivity contribution in [1.82, 2.24) is 0 Å². The van der Waals surface area contributed by atoms with Gasteiger partial charge in [0.15, 0.2) is 0 Å². The predicted molar refractivity (Wildman–Crippen MR) is 86.3 cm³/mol. The smallest absolute Gasteiger partial charge is 0.388 e. The lowest BCUT2D eigenvalue weighted by Crippen LogP contribution is -2.13. The van der Waals surface area contributed by atoms with Crippen LogP contribution in [0.3, 0.4) is 0 Å². The van der Waals surface area contributed by atoms with Crippen molar-refractivity contribution in [3.8, 4) is 0 Å². The molecule has 0 saturated carbocycles. The summed E-state index contributed by atoms with van der Waals surface area (Å²) >= 11 is 0. The number of nitrogens with two attached hydrogens (primary N) is 1. The third kappa shape index (κ3) is 4.57. The van der Waals surface area contributed by atoms with Gasteiger partial charge in [0, 0.05) is 18.3 Å². The van der Waals surface area contributed by atoms with Gasteiger partial charge < -0.3 is 11.1 Å². The number of benzene rings is 2. The predicted octanol–water partition coefficient (Wildman–Crippen LogP) is 3.81. The molecule has 0 spiro atoms. The number of hydrogen-bond acceptors (Lipinski definition) is 2. The third-order valence-corrected chi connectivity index (χ3v) is 3.07. The topological polar surface area (TPSA) is 62.8 Å². The normalized spacial score (nSPS) is 12.6. The van der Waals surface area contributed by atoms with Crippen LogP contribution in [0.4, 0.5) is 24.5 Å². The van der Waals surface area contributed by atoms with Gasteiger partial charge in [-0.1, -0.05) is 0 Å². The number of amidine groups is 1. The summed E-state index contributed by atoms with van der Waals surface area (Å²) in [5, 5.41) is 2.99. The molecule has 0 aliphatic heterocycles. The highest BCUT2D eigenvalue weighted by atomic mass is 19.4. The van der Waals surface area contributed by atoms with E-state index in [0.29, 0.717) is 5.69 Å². The van der Waals surface area contributed by atoms with Crippen LogP contribution < -0.4 is 11.1 Å². The van der Waals surface area contributed by atoms with Crippen molar-refractivity contribution < 1.29 is 13.2 Å². The lowest BCUT2D eigenvalue weighted by molar-refractivity contribution is -0.137. The average Bonchev–Trinajstić information content (AvgIpc) is 2.54. The summed E-state index contributed by atoms with van der Waals surface area (Å²) in [6, 6.07) is 11.8. The minimum absolute atomic E-state index is 0.267. The molecule has 2 aromatic carbocycles. The Kier molecular flexibility index (Phi) is 5.00. The lowest BCUT2D eigenvalue weighted by atomic mass is 10.2. The van der Waals surface area contributed by atoms with Gasteiger partial charge in [-0.15, -0.1) is 0 Å². The summed E-state index contributed by atoms with van der Waals surface area (Å²) in [4.78, 5) is 7.93. The Labute approximate surface area is 131 Å². The van der Waals surface area contributed by atoms with Gasteiger partial charge in [-0.2, -0.15) is 13.2 Å². The molecule has 0 radical (unpaired) electrons. The highest BCUT2D eigenvalue weighted by Crippen LogP contribution is 2.30. The molecule has 0 saturated heterocycles. The summed E-state index contributed by atoms with van der Waals surface area (Å²) in [6.45, 7) is 0. The van der Waals surface area contributed by atoms with Gasteiger partial charge >= 0.3 is 6.18 Å². The standard InChI is InChI=1S/C16H15F3N4/c1-21-13-6-2-11(3-7-13)15(20)23-10-22-14-8-4-12(5-9-14)16(17,18)19/h2-10,21H,1H3,(H2,20,22,23). The zero-order valence-electron chi connectivity index (χ0n) is 12.3. The van der Waals surface area contributed by atoms with Crippen molar-refractivity contribution in [3.05, 3.63) is 59.7 Å². The Morgan fingerprint density at radius 2 is 1.65 bits per heavy atom. The minimum atomic E-state index is -4.36. The largest absolute Gasteiger partial charge is 0.416 e. The van der Waals surface area contributed by atoms with Crippen LogP contribution in [0.25, 0.3) is 0 Å². The number of rotatable bonds is 4. The highest BCUT2D eigenvalue weighted by Gasteiger charge is 2.29. The van der Waals surface area contributed by atoms with E-state index in [1.807, 2.05) is 19.2 Å². The van der Waals surface area contributed by atoms with Crippen molar-refractivity contribution in [1.29, 1.82) is 0 Å². The molecule has 0 heterocycles. The van der Waals surface area contributed by atoms with Crippen LogP contribution in [-0.2, 0) is 6.18 Å². The van der Waals surface area contributed by atoms with Gasteiger partial charge in [-0.25, -0.2) is 9.98 Å². The summed E-state index contributed by atoms with van der Waals surface area (Å²) in [7, 11) is 1.81. The van der Waals surface area contributed by atoms with Crippen LogP contribution in [0.15, 0.2) is 58.5 Å². The maximum Gasteiger partial charge on any atom is 0.416 e. The van der Waals surface area contributed by atoms with Crippen molar-refractivity contribution in [3.63, 3.8) is 0 Å². The second-order valence-corrected chi connectivity index (χ2v) is 4.63. The molecule has 3 N–H and O–H groups in total. The molecule has 0 aliphatic carbocycles. The number of alkyl halides is 3. The van der Waals surface area contributed by atoms with E-state index < -0.39 is 11.7 Å². The fourth-order valence-electron chi connectivity index (χ4n) is 1.78. The van der Waals surface area contributed by atoms with Gasteiger partial charge in [-0.05, 0) is 48.5 Å². The summed E-state index contributed by atoms with van der Waals surface area (Å²) in [5.41, 5.74) is 7.13. The maximum absolute atomic E-state index is 12.4. The SMILES string of the molecule is CNc1ccc(C(N)=NC=Nc2ccc(C(F)(F)F)cc2)cc1. The molecular formula is C16H15F3N4. The first-order valence-electron chi connectivity index (χ1n) is 6.71. The van der Waals surface area contributed by atoms with Crippen molar-refractivity contribution in [2.45, 2.75) is 6.18 Å². The Balaban J connectivity index is 2.07. The Bertz CT molecular complexity index is 702. The van der Waals surface area contributed by atoms with Gasteiger partial charge in [0.25, 0.3) is 0 Å². The molecule has 0 fully saturated rings. The van der Waals surface area contributed by atoms with Gasteiger partial charge in [-0.3, -0.25) is 0 Å². The molecule has 120 valence electrons. The molecule has 7 heteroatoms. The Morgan fingerprint density at radius 3 is 2.17 bits per heavy atom. The van der Waals surface area contributed by atoms with E-state index in [4.69, 9.17) is 5.73 Å². The molecule has 0 unspecified atom stereocenters. The Hall–Kier alpha value is -2.83. The average molecular weight is 320 g/mol.